The molecule has 7 nitrogen and oxygen atoms in total. The van der Waals surface area contributed by atoms with Crippen LogP contribution in [-0.2, 0) is 0 Å². The van der Waals surface area contributed by atoms with Crippen LogP contribution in [0.3, 0.4) is 0 Å². The quantitative estimate of drug-likeness (QED) is 0.0997. The predicted molar refractivity (Wildman–Crippen MR) is 212 cm³/mol. The van der Waals surface area contributed by atoms with Crippen molar-refractivity contribution in [3.8, 4) is 0 Å². The average Bonchev–Trinajstić information content (AvgIpc) is 3.12. The van der Waals surface area contributed by atoms with Crippen molar-refractivity contribution >= 4 is 23.1 Å². The lowest BCUT2D eigenvalue weighted by atomic mass is 10.1. The van der Waals surface area contributed by atoms with E-state index < -0.39 is 0 Å². The molecule has 0 saturated heterocycles. The molecule has 3 rings (SSSR count). The number of anilines is 2. The number of rotatable bonds is 26. The number of hydrogen-bond acceptors (Lipinski definition) is 8. The Morgan fingerprint density at radius 1 is 0.562 bits per heavy atom. The number of thioether (sulfide) groups is 1. The van der Waals surface area contributed by atoms with Crippen LogP contribution in [-0.4, -0.2) is 129 Å². The van der Waals surface area contributed by atoms with Gasteiger partial charge in [-0.3, -0.25) is 0 Å². The molecular formula is C40H70N7S+. The molecule has 0 saturated carbocycles. The topological polar surface area (TPSA) is 31.5 Å². The summed E-state index contributed by atoms with van der Waals surface area (Å²) in [6, 6.07) is 7.05. The van der Waals surface area contributed by atoms with Gasteiger partial charge in [-0.05, 0) is 134 Å². The van der Waals surface area contributed by atoms with Crippen molar-refractivity contribution in [3.05, 3.63) is 52.7 Å². The van der Waals surface area contributed by atoms with Crippen molar-refractivity contribution in [1.29, 1.82) is 0 Å². The summed E-state index contributed by atoms with van der Waals surface area (Å²) in [6.07, 6.45) is 13.0. The number of nitrogens with zero attached hydrogens (tertiary/aromatic N) is 6. The third-order valence-corrected chi connectivity index (χ3v) is 11.4. The summed E-state index contributed by atoms with van der Waals surface area (Å²) in [5.74, 6) is 0. The molecule has 8 heteroatoms. The Kier molecular flexibility index (Phi) is 19.0. The van der Waals surface area contributed by atoms with E-state index in [0.29, 0.717) is 0 Å². The van der Waals surface area contributed by atoms with Crippen LogP contribution in [0.5, 0.6) is 0 Å². The molecule has 2 aliphatic rings. The van der Waals surface area contributed by atoms with Gasteiger partial charge in [0.05, 0.1) is 22.7 Å². The van der Waals surface area contributed by atoms with E-state index in [2.05, 4.69) is 127 Å². The van der Waals surface area contributed by atoms with Crippen LogP contribution in [0.1, 0.15) is 81.1 Å². The van der Waals surface area contributed by atoms with Gasteiger partial charge in [0.15, 0.2) is 10.6 Å². The molecule has 0 amide bonds. The lowest BCUT2D eigenvalue weighted by Gasteiger charge is -2.29. The molecule has 1 heterocycles. The van der Waals surface area contributed by atoms with Crippen LogP contribution in [0, 0.1) is 6.08 Å². The molecule has 0 atom stereocenters. The van der Waals surface area contributed by atoms with E-state index in [1.54, 1.807) is 0 Å². The summed E-state index contributed by atoms with van der Waals surface area (Å²) in [6.45, 7) is 36.2. The fourth-order valence-corrected chi connectivity index (χ4v) is 7.85. The molecular weight excluding hydrogens is 611 g/mol. The van der Waals surface area contributed by atoms with Crippen molar-refractivity contribution in [1.82, 2.24) is 24.5 Å². The van der Waals surface area contributed by atoms with Gasteiger partial charge in [-0.25, -0.2) is 0 Å². The molecule has 1 aromatic rings. The zero-order valence-electron chi connectivity index (χ0n) is 32.1. The highest BCUT2D eigenvalue weighted by Gasteiger charge is 2.29. The second-order valence-corrected chi connectivity index (χ2v) is 14.1. The Labute approximate surface area is 300 Å². The largest absolute Gasteiger partial charge is 0.371 e. The standard InChI is InChI=1S/C40H70N7S/c1-9-42(10-2)25-17-29-46(30-18-26-43(11-3)12-4)35-21-23-37-39(33-35)48-40-34-36(22-24-38(40)41-37)47(31-19-27-44(13-5)14-6)32-20-28-45(15-7)16-8/h21-23,33-34,41H,9-20,25-32H2,1-8H3/q+1. The fourth-order valence-electron chi connectivity index (χ4n) is 6.81. The molecule has 0 unspecified atom stereocenters. The Bertz CT molecular complexity index is 1100. The molecule has 48 heavy (non-hydrogen) atoms. The number of hydrogen-bond donors (Lipinski definition) is 1. The van der Waals surface area contributed by atoms with Crippen LogP contribution < -0.4 is 10.2 Å². The maximum atomic E-state index is 3.73. The number of nitrogens with one attached hydrogen (secondary N) is 1. The Balaban J connectivity index is 1.76. The van der Waals surface area contributed by atoms with Gasteiger partial charge in [0.25, 0.3) is 0 Å². The van der Waals surface area contributed by atoms with Gasteiger partial charge >= 0.3 is 0 Å². The third kappa shape index (κ3) is 12.7. The van der Waals surface area contributed by atoms with E-state index in [1.807, 2.05) is 11.8 Å². The summed E-state index contributed by atoms with van der Waals surface area (Å²) < 4.78 is 0. The van der Waals surface area contributed by atoms with Crippen molar-refractivity contribution in [3.63, 3.8) is 0 Å². The van der Waals surface area contributed by atoms with Crippen LogP contribution in [0.2, 0.25) is 0 Å². The zero-order chi connectivity index (χ0) is 34.7. The Morgan fingerprint density at radius 2 is 1.00 bits per heavy atom. The van der Waals surface area contributed by atoms with E-state index in [1.165, 1.54) is 52.6 Å². The molecule has 270 valence electrons. The SMILES string of the molecule is CCN(CC)CCCN(CCCN(CC)CC)C1=CC2=C([C+]=C1)Nc1ccc(N(CCCN(CC)CC)CCCN(CC)CC)cc1S2. The van der Waals surface area contributed by atoms with Crippen LogP contribution >= 0.6 is 11.8 Å². The fraction of sp³-hybridized carbons (Fsp3) is 0.700. The molecule has 0 fully saturated rings. The van der Waals surface area contributed by atoms with E-state index >= 15 is 0 Å². The summed E-state index contributed by atoms with van der Waals surface area (Å²) in [5.41, 5.74) is 4.95. The van der Waals surface area contributed by atoms with E-state index in [-0.39, 0.29) is 0 Å². The number of benzene rings is 1. The van der Waals surface area contributed by atoms with E-state index in [4.69, 9.17) is 0 Å². The van der Waals surface area contributed by atoms with E-state index in [0.717, 1.165) is 110 Å². The highest BCUT2D eigenvalue weighted by atomic mass is 32.2. The van der Waals surface area contributed by atoms with Crippen molar-refractivity contribution < 1.29 is 0 Å². The Morgan fingerprint density at radius 3 is 1.44 bits per heavy atom. The van der Waals surface area contributed by atoms with Gasteiger partial charge in [-0.15, -0.1) is 0 Å². The maximum Gasteiger partial charge on any atom is 0.222 e. The zero-order valence-corrected chi connectivity index (χ0v) is 32.9. The van der Waals surface area contributed by atoms with Gasteiger partial charge in [0.1, 0.15) is 6.08 Å². The minimum absolute atomic E-state index is 1.08. The molecule has 1 aliphatic heterocycles. The van der Waals surface area contributed by atoms with Crippen molar-refractivity contribution in [2.75, 3.05) is 115 Å². The van der Waals surface area contributed by atoms with Crippen LogP contribution in [0.15, 0.2) is 51.5 Å². The summed E-state index contributed by atoms with van der Waals surface area (Å²) in [4.78, 5) is 18.0. The highest BCUT2D eigenvalue weighted by molar-refractivity contribution is 8.03. The molecule has 0 aromatic heterocycles. The lowest BCUT2D eigenvalue weighted by molar-refractivity contribution is 0.249. The summed E-state index contributed by atoms with van der Waals surface area (Å²) in [7, 11) is 0. The van der Waals surface area contributed by atoms with Crippen LogP contribution in [0.25, 0.3) is 0 Å². The molecule has 1 aromatic carbocycles. The third-order valence-electron chi connectivity index (χ3n) is 10.3. The van der Waals surface area contributed by atoms with Crippen molar-refractivity contribution in [2.24, 2.45) is 0 Å². The van der Waals surface area contributed by atoms with Gasteiger partial charge in [0.2, 0.25) is 5.70 Å². The number of allylic oxidation sites excluding steroid dienone is 3. The number of fused-ring (bicyclic) bond motifs is 1. The summed E-state index contributed by atoms with van der Waals surface area (Å²) in [5, 5.41) is 3.73. The first kappa shape index (κ1) is 40.4. The molecule has 0 spiro atoms. The first-order chi connectivity index (χ1) is 23.4. The lowest BCUT2D eigenvalue weighted by Crippen LogP contribution is -2.33. The van der Waals surface area contributed by atoms with Crippen molar-refractivity contribution in [2.45, 2.75) is 86.0 Å². The van der Waals surface area contributed by atoms with E-state index in [9.17, 15) is 0 Å². The minimum Gasteiger partial charge on any atom is -0.371 e. The Hall–Kier alpha value is -2.06. The first-order valence-electron chi connectivity index (χ1n) is 19.5. The molecule has 1 N–H and O–H groups in total. The average molecular weight is 681 g/mol. The smallest absolute Gasteiger partial charge is 0.222 e. The maximum absolute atomic E-state index is 3.73. The monoisotopic (exact) mass is 681 g/mol. The first-order valence-corrected chi connectivity index (χ1v) is 20.3. The second kappa shape index (κ2) is 22.6. The van der Waals surface area contributed by atoms with Gasteiger partial charge in [-0.2, -0.15) is 0 Å². The molecule has 0 radical (unpaired) electrons. The highest BCUT2D eigenvalue weighted by Crippen LogP contribution is 2.44. The van der Waals surface area contributed by atoms with Gasteiger partial charge < -0.3 is 34.7 Å². The minimum atomic E-state index is 1.08. The predicted octanol–water partition coefficient (Wildman–Crippen LogP) is 7.71. The second-order valence-electron chi connectivity index (χ2n) is 13.0. The molecule has 1 aliphatic carbocycles. The normalized spacial score (nSPS) is 14.0. The van der Waals surface area contributed by atoms with Gasteiger partial charge in [-0.1, -0.05) is 55.4 Å². The molecule has 0 bridgehead atoms. The van der Waals surface area contributed by atoms with Gasteiger partial charge in [0, 0.05) is 31.9 Å². The van der Waals surface area contributed by atoms with Crippen LogP contribution in [0.4, 0.5) is 11.4 Å². The summed E-state index contributed by atoms with van der Waals surface area (Å²) >= 11 is 1.91.